The number of amides is 1. The van der Waals surface area contributed by atoms with Crippen molar-refractivity contribution in [1.29, 1.82) is 0 Å². The van der Waals surface area contributed by atoms with Gasteiger partial charge in [0.05, 0.1) is 31.0 Å². The zero-order valence-corrected chi connectivity index (χ0v) is 15.7. The molecule has 0 aliphatic carbocycles. The maximum atomic E-state index is 12.4. The molecule has 3 aromatic rings. The van der Waals surface area contributed by atoms with E-state index in [1.807, 2.05) is 36.4 Å². The monoisotopic (exact) mass is 368 g/mol. The van der Waals surface area contributed by atoms with Crippen LogP contribution in [0.25, 0.3) is 16.3 Å². The Kier molecular flexibility index (Phi) is 5.53. The Morgan fingerprint density at radius 3 is 2.73 bits per heavy atom. The minimum absolute atomic E-state index is 0.0953. The van der Waals surface area contributed by atoms with Crippen LogP contribution in [0.2, 0.25) is 0 Å². The van der Waals surface area contributed by atoms with E-state index in [2.05, 4.69) is 4.98 Å². The van der Waals surface area contributed by atoms with E-state index in [1.54, 1.807) is 49.6 Å². The lowest BCUT2D eigenvalue weighted by atomic mass is 10.1. The van der Waals surface area contributed by atoms with E-state index in [0.29, 0.717) is 18.0 Å². The van der Waals surface area contributed by atoms with Crippen LogP contribution in [0.4, 0.5) is 0 Å². The van der Waals surface area contributed by atoms with E-state index in [1.165, 1.54) is 6.08 Å². The maximum Gasteiger partial charge on any atom is 0.246 e. The van der Waals surface area contributed by atoms with Gasteiger partial charge in [-0.15, -0.1) is 11.3 Å². The molecule has 2 aromatic carbocycles. The zero-order valence-electron chi connectivity index (χ0n) is 14.9. The van der Waals surface area contributed by atoms with Gasteiger partial charge in [-0.3, -0.25) is 4.79 Å². The molecule has 0 fully saturated rings. The van der Waals surface area contributed by atoms with E-state index in [0.717, 1.165) is 20.8 Å². The molecule has 0 atom stereocenters. The summed E-state index contributed by atoms with van der Waals surface area (Å²) in [6.45, 7) is 0.474. The van der Waals surface area contributed by atoms with Crippen molar-refractivity contribution in [2.75, 3.05) is 21.3 Å². The Balaban J connectivity index is 1.69. The van der Waals surface area contributed by atoms with Crippen LogP contribution in [0.3, 0.4) is 0 Å². The van der Waals surface area contributed by atoms with Gasteiger partial charge in [0.2, 0.25) is 5.91 Å². The van der Waals surface area contributed by atoms with Crippen molar-refractivity contribution in [1.82, 2.24) is 9.88 Å². The Hall–Kier alpha value is -2.86. The van der Waals surface area contributed by atoms with Gasteiger partial charge in [0, 0.05) is 24.8 Å². The number of ether oxygens (including phenoxy) is 2. The number of fused-ring (bicyclic) bond motifs is 1. The van der Waals surface area contributed by atoms with Crippen LogP contribution < -0.4 is 9.47 Å². The first-order valence-corrected chi connectivity index (χ1v) is 8.92. The number of hydrogen-bond acceptors (Lipinski definition) is 5. The number of para-hydroxylation sites is 1. The number of likely N-dealkylation sites (N-methyl/N-ethyl adjacent to an activating group) is 1. The summed E-state index contributed by atoms with van der Waals surface area (Å²) in [4.78, 5) is 18.6. The van der Waals surface area contributed by atoms with Crippen molar-refractivity contribution in [2.24, 2.45) is 0 Å². The number of carbonyl (C=O) groups is 1. The van der Waals surface area contributed by atoms with Gasteiger partial charge in [-0.05, 0) is 30.3 Å². The minimum Gasteiger partial charge on any atom is -0.497 e. The van der Waals surface area contributed by atoms with Crippen LogP contribution in [0.1, 0.15) is 10.6 Å². The number of nitrogens with zero attached hydrogens (tertiary/aromatic N) is 2. The smallest absolute Gasteiger partial charge is 0.246 e. The summed E-state index contributed by atoms with van der Waals surface area (Å²) in [5.74, 6) is 1.27. The molecule has 0 N–H and O–H groups in total. The van der Waals surface area contributed by atoms with E-state index in [4.69, 9.17) is 9.47 Å². The summed E-state index contributed by atoms with van der Waals surface area (Å²) in [6, 6.07) is 13.4. The van der Waals surface area contributed by atoms with Crippen LogP contribution in [0, 0.1) is 0 Å². The van der Waals surface area contributed by atoms with Crippen LogP contribution in [0.5, 0.6) is 11.5 Å². The van der Waals surface area contributed by atoms with Crippen LogP contribution >= 0.6 is 11.3 Å². The minimum atomic E-state index is -0.0953. The molecule has 0 saturated heterocycles. The van der Waals surface area contributed by atoms with Gasteiger partial charge in [-0.1, -0.05) is 12.1 Å². The average molecular weight is 368 g/mol. The molecule has 0 unspecified atom stereocenters. The Morgan fingerprint density at radius 1 is 1.19 bits per heavy atom. The zero-order chi connectivity index (χ0) is 18.5. The van der Waals surface area contributed by atoms with Crippen molar-refractivity contribution in [3.63, 3.8) is 0 Å². The molecule has 0 aliphatic heterocycles. The summed E-state index contributed by atoms with van der Waals surface area (Å²) >= 11 is 1.60. The predicted molar refractivity (Wildman–Crippen MR) is 105 cm³/mol. The van der Waals surface area contributed by atoms with Gasteiger partial charge >= 0.3 is 0 Å². The third kappa shape index (κ3) is 4.03. The lowest BCUT2D eigenvalue weighted by Crippen LogP contribution is -2.23. The second-order valence-corrected chi connectivity index (χ2v) is 6.83. The first-order chi connectivity index (χ1) is 12.6. The Labute approximate surface area is 156 Å². The normalized spacial score (nSPS) is 11.0. The number of hydrogen-bond donors (Lipinski definition) is 0. The predicted octanol–water partition coefficient (Wildman–Crippen LogP) is 3.99. The molecule has 0 aliphatic rings. The number of methoxy groups -OCH3 is 2. The Bertz CT molecular complexity index is 916. The fraction of sp³-hybridized carbons (Fsp3) is 0.200. The molecule has 134 valence electrons. The molecule has 26 heavy (non-hydrogen) atoms. The van der Waals surface area contributed by atoms with E-state index >= 15 is 0 Å². The second kappa shape index (κ2) is 8.01. The highest BCUT2D eigenvalue weighted by Crippen LogP contribution is 2.26. The van der Waals surface area contributed by atoms with Crippen molar-refractivity contribution in [3.8, 4) is 11.5 Å². The number of aromatic nitrogens is 1. The quantitative estimate of drug-likeness (QED) is 0.618. The van der Waals surface area contributed by atoms with Gasteiger partial charge in [0.1, 0.15) is 16.5 Å². The fourth-order valence-corrected chi connectivity index (χ4v) is 3.53. The number of benzene rings is 2. The molecule has 6 heteroatoms. The van der Waals surface area contributed by atoms with Crippen molar-refractivity contribution >= 4 is 33.5 Å². The topological polar surface area (TPSA) is 51.7 Å². The van der Waals surface area contributed by atoms with Crippen LogP contribution in [0.15, 0.2) is 48.5 Å². The van der Waals surface area contributed by atoms with Gasteiger partial charge in [-0.2, -0.15) is 0 Å². The van der Waals surface area contributed by atoms with Crippen LogP contribution in [-0.2, 0) is 11.3 Å². The van der Waals surface area contributed by atoms with Gasteiger partial charge < -0.3 is 14.4 Å². The highest BCUT2D eigenvalue weighted by Gasteiger charge is 2.10. The summed E-state index contributed by atoms with van der Waals surface area (Å²) in [7, 11) is 4.96. The van der Waals surface area contributed by atoms with Crippen molar-refractivity contribution in [2.45, 2.75) is 6.54 Å². The second-order valence-electron chi connectivity index (χ2n) is 5.71. The maximum absolute atomic E-state index is 12.4. The van der Waals surface area contributed by atoms with Gasteiger partial charge in [0.25, 0.3) is 0 Å². The Morgan fingerprint density at radius 2 is 2.00 bits per heavy atom. The number of rotatable bonds is 6. The standard InChI is InChI=1S/C20H20N2O3S/c1-22(13-19-21-16-6-4-5-7-18(16)26-19)20(23)11-9-14-8-10-15(24-2)12-17(14)25-3/h4-12H,13H2,1-3H3/b11-9+. The lowest BCUT2D eigenvalue weighted by Gasteiger charge is -2.13. The molecule has 1 amide bonds. The van der Waals surface area contributed by atoms with E-state index in [-0.39, 0.29) is 5.91 Å². The summed E-state index contributed by atoms with van der Waals surface area (Å²) in [5, 5.41) is 0.914. The fourth-order valence-electron chi connectivity index (χ4n) is 2.51. The average Bonchev–Trinajstić information content (AvgIpc) is 3.08. The molecular formula is C20H20N2O3S. The van der Waals surface area contributed by atoms with E-state index < -0.39 is 0 Å². The third-order valence-corrected chi connectivity index (χ3v) is 4.95. The summed E-state index contributed by atoms with van der Waals surface area (Å²) in [5.41, 5.74) is 1.78. The van der Waals surface area contributed by atoms with Crippen LogP contribution in [-0.4, -0.2) is 37.1 Å². The molecular weight excluding hydrogens is 348 g/mol. The third-order valence-electron chi connectivity index (χ3n) is 3.93. The molecule has 1 heterocycles. The van der Waals surface area contributed by atoms with Gasteiger partial charge in [-0.25, -0.2) is 4.98 Å². The SMILES string of the molecule is COc1ccc(/C=C/C(=O)N(C)Cc2nc3ccccc3s2)c(OC)c1. The number of carbonyl (C=O) groups excluding carboxylic acids is 1. The van der Waals surface area contributed by atoms with Gasteiger partial charge in [0.15, 0.2) is 0 Å². The largest absolute Gasteiger partial charge is 0.497 e. The molecule has 0 radical (unpaired) electrons. The highest BCUT2D eigenvalue weighted by atomic mass is 32.1. The first kappa shape index (κ1) is 17.9. The number of thiazole rings is 1. The van der Waals surface area contributed by atoms with E-state index in [9.17, 15) is 4.79 Å². The molecule has 0 bridgehead atoms. The molecule has 1 aromatic heterocycles. The summed E-state index contributed by atoms with van der Waals surface area (Å²) in [6.07, 6.45) is 3.28. The van der Waals surface area contributed by atoms with Crippen molar-refractivity contribution in [3.05, 3.63) is 59.1 Å². The molecule has 5 nitrogen and oxygen atoms in total. The molecule has 0 spiro atoms. The van der Waals surface area contributed by atoms with Crippen molar-refractivity contribution < 1.29 is 14.3 Å². The molecule has 0 saturated carbocycles. The first-order valence-electron chi connectivity index (χ1n) is 8.10. The molecule has 3 rings (SSSR count). The lowest BCUT2D eigenvalue weighted by molar-refractivity contribution is -0.125. The highest BCUT2D eigenvalue weighted by molar-refractivity contribution is 7.18. The summed E-state index contributed by atoms with van der Waals surface area (Å²) < 4.78 is 11.7.